The molecule has 0 aliphatic carbocycles. The zero-order chi connectivity index (χ0) is 15.0. The van der Waals surface area contributed by atoms with Crippen molar-refractivity contribution in [3.63, 3.8) is 0 Å². The molecule has 1 rings (SSSR count). The van der Waals surface area contributed by atoms with Crippen LogP contribution in [-0.4, -0.2) is 12.6 Å². The standard InChI is InChI=1S/C18H31NO/c1-6-11-19-18(7-2)16-9-8-10-17(13-16)20-15(5)12-14(3)4/h8-10,13-15,18-19H,6-7,11-12H2,1-5H3. The maximum absolute atomic E-state index is 6.04. The highest BCUT2D eigenvalue weighted by Crippen LogP contribution is 2.23. The van der Waals surface area contributed by atoms with Crippen molar-refractivity contribution < 1.29 is 4.74 Å². The Labute approximate surface area is 124 Å². The van der Waals surface area contributed by atoms with Gasteiger partial charge in [0.1, 0.15) is 5.75 Å². The molecule has 2 heteroatoms. The van der Waals surface area contributed by atoms with Gasteiger partial charge in [-0.05, 0) is 56.3 Å². The fraction of sp³-hybridized carbons (Fsp3) is 0.667. The first-order chi connectivity index (χ1) is 9.56. The van der Waals surface area contributed by atoms with E-state index in [0.717, 1.165) is 31.6 Å². The molecule has 0 aliphatic rings. The van der Waals surface area contributed by atoms with Gasteiger partial charge in [0.25, 0.3) is 0 Å². The number of benzene rings is 1. The number of nitrogens with one attached hydrogen (secondary N) is 1. The summed E-state index contributed by atoms with van der Waals surface area (Å²) >= 11 is 0. The Kier molecular flexibility index (Phi) is 7.68. The van der Waals surface area contributed by atoms with Crippen LogP contribution in [0.25, 0.3) is 0 Å². The van der Waals surface area contributed by atoms with E-state index < -0.39 is 0 Å². The molecule has 0 aliphatic heterocycles. The van der Waals surface area contributed by atoms with E-state index in [1.807, 2.05) is 0 Å². The van der Waals surface area contributed by atoms with Crippen molar-refractivity contribution >= 4 is 0 Å². The van der Waals surface area contributed by atoms with E-state index in [-0.39, 0.29) is 6.10 Å². The van der Waals surface area contributed by atoms with Gasteiger partial charge in [0.05, 0.1) is 6.10 Å². The summed E-state index contributed by atoms with van der Waals surface area (Å²) in [6, 6.07) is 8.97. The molecule has 0 fully saturated rings. The van der Waals surface area contributed by atoms with Crippen LogP contribution in [0.5, 0.6) is 5.75 Å². The Morgan fingerprint density at radius 3 is 2.50 bits per heavy atom. The van der Waals surface area contributed by atoms with Gasteiger partial charge in [0.2, 0.25) is 0 Å². The van der Waals surface area contributed by atoms with Crippen LogP contribution in [0.2, 0.25) is 0 Å². The second-order valence-electron chi connectivity index (χ2n) is 6.05. The minimum atomic E-state index is 0.272. The normalized spacial score (nSPS) is 14.3. The highest BCUT2D eigenvalue weighted by atomic mass is 16.5. The molecule has 1 aromatic carbocycles. The Morgan fingerprint density at radius 2 is 1.90 bits per heavy atom. The number of hydrogen-bond donors (Lipinski definition) is 1. The molecule has 0 heterocycles. The lowest BCUT2D eigenvalue weighted by Crippen LogP contribution is -2.21. The predicted octanol–water partition coefficient (Wildman–Crippen LogP) is 4.95. The summed E-state index contributed by atoms with van der Waals surface area (Å²) in [7, 11) is 0. The summed E-state index contributed by atoms with van der Waals surface area (Å²) in [5.41, 5.74) is 1.33. The van der Waals surface area contributed by atoms with Gasteiger partial charge in [0, 0.05) is 6.04 Å². The largest absolute Gasteiger partial charge is 0.491 e. The summed E-state index contributed by atoms with van der Waals surface area (Å²) in [5, 5.41) is 3.59. The number of rotatable bonds is 9. The minimum Gasteiger partial charge on any atom is -0.491 e. The van der Waals surface area contributed by atoms with Crippen molar-refractivity contribution in [3.8, 4) is 5.75 Å². The van der Waals surface area contributed by atoms with Gasteiger partial charge in [-0.15, -0.1) is 0 Å². The lowest BCUT2D eigenvalue weighted by Gasteiger charge is -2.20. The third-order valence-corrected chi connectivity index (χ3v) is 3.45. The topological polar surface area (TPSA) is 21.3 Å². The zero-order valence-electron chi connectivity index (χ0n) is 13.8. The molecular formula is C18H31NO. The fourth-order valence-corrected chi connectivity index (χ4v) is 2.57. The van der Waals surface area contributed by atoms with Crippen molar-refractivity contribution in [2.45, 2.75) is 66.0 Å². The first kappa shape index (κ1) is 17.0. The molecular weight excluding hydrogens is 246 g/mol. The van der Waals surface area contributed by atoms with Crippen LogP contribution in [0.3, 0.4) is 0 Å². The molecule has 1 N–H and O–H groups in total. The Hall–Kier alpha value is -1.02. The molecule has 0 aromatic heterocycles. The molecule has 0 saturated carbocycles. The van der Waals surface area contributed by atoms with Crippen LogP contribution in [0.15, 0.2) is 24.3 Å². The maximum atomic E-state index is 6.04. The van der Waals surface area contributed by atoms with Crippen LogP contribution in [0, 0.1) is 5.92 Å². The molecule has 2 nitrogen and oxygen atoms in total. The van der Waals surface area contributed by atoms with E-state index in [0.29, 0.717) is 12.0 Å². The van der Waals surface area contributed by atoms with E-state index in [2.05, 4.69) is 64.2 Å². The molecule has 114 valence electrons. The van der Waals surface area contributed by atoms with Crippen molar-refractivity contribution in [2.75, 3.05) is 6.54 Å². The van der Waals surface area contributed by atoms with Crippen molar-refractivity contribution in [1.29, 1.82) is 0 Å². The fourth-order valence-electron chi connectivity index (χ4n) is 2.57. The van der Waals surface area contributed by atoms with Gasteiger partial charge < -0.3 is 10.1 Å². The monoisotopic (exact) mass is 277 g/mol. The molecule has 2 unspecified atom stereocenters. The van der Waals surface area contributed by atoms with Crippen LogP contribution in [0.4, 0.5) is 0 Å². The Bertz CT molecular complexity index is 375. The van der Waals surface area contributed by atoms with Gasteiger partial charge in [0.15, 0.2) is 0 Å². The second-order valence-corrected chi connectivity index (χ2v) is 6.05. The van der Waals surface area contributed by atoms with E-state index >= 15 is 0 Å². The molecule has 1 aromatic rings. The van der Waals surface area contributed by atoms with Crippen LogP contribution in [-0.2, 0) is 0 Å². The highest BCUT2D eigenvalue weighted by Gasteiger charge is 2.11. The molecule has 2 atom stereocenters. The van der Waals surface area contributed by atoms with E-state index in [9.17, 15) is 0 Å². The smallest absolute Gasteiger partial charge is 0.120 e. The number of ether oxygens (including phenoxy) is 1. The van der Waals surface area contributed by atoms with Gasteiger partial charge in [-0.3, -0.25) is 0 Å². The first-order valence-electron chi connectivity index (χ1n) is 8.06. The van der Waals surface area contributed by atoms with Gasteiger partial charge >= 0.3 is 0 Å². The lowest BCUT2D eigenvalue weighted by molar-refractivity contribution is 0.193. The quantitative estimate of drug-likeness (QED) is 0.689. The molecule has 0 spiro atoms. The van der Waals surface area contributed by atoms with Gasteiger partial charge in [-0.1, -0.05) is 39.8 Å². The third kappa shape index (κ3) is 5.96. The highest BCUT2D eigenvalue weighted by molar-refractivity contribution is 5.30. The average molecular weight is 277 g/mol. The van der Waals surface area contributed by atoms with Crippen molar-refractivity contribution in [1.82, 2.24) is 5.32 Å². The maximum Gasteiger partial charge on any atom is 0.120 e. The summed E-state index contributed by atoms with van der Waals surface area (Å²) in [4.78, 5) is 0. The summed E-state index contributed by atoms with van der Waals surface area (Å²) in [6.45, 7) is 12.1. The van der Waals surface area contributed by atoms with E-state index in [4.69, 9.17) is 4.74 Å². The summed E-state index contributed by atoms with van der Waals surface area (Å²) < 4.78 is 6.04. The third-order valence-electron chi connectivity index (χ3n) is 3.45. The lowest BCUT2D eigenvalue weighted by atomic mass is 10.0. The molecule has 0 amide bonds. The zero-order valence-corrected chi connectivity index (χ0v) is 13.8. The van der Waals surface area contributed by atoms with Crippen LogP contribution < -0.4 is 10.1 Å². The van der Waals surface area contributed by atoms with Crippen molar-refractivity contribution in [3.05, 3.63) is 29.8 Å². The molecule has 0 radical (unpaired) electrons. The van der Waals surface area contributed by atoms with Crippen LogP contribution >= 0.6 is 0 Å². The minimum absolute atomic E-state index is 0.272. The Balaban J connectivity index is 2.68. The first-order valence-corrected chi connectivity index (χ1v) is 8.06. The SMILES string of the molecule is CCCNC(CC)c1cccc(OC(C)CC(C)C)c1. The second kappa shape index (κ2) is 9.02. The van der Waals surface area contributed by atoms with E-state index in [1.165, 1.54) is 5.56 Å². The van der Waals surface area contributed by atoms with E-state index in [1.54, 1.807) is 0 Å². The van der Waals surface area contributed by atoms with Crippen molar-refractivity contribution in [2.24, 2.45) is 5.92 Å². The molecule has 20 heavy (non-hydrogen) atoms. The van der Waals surface area contributed by atoms with Gasteiger partial charge in [-0.2, -0.15) is 0 Å². The predicted molar refractivity (Wildman–Crippen MR) is 87.3 cm³/mol. The molecule has 0 saturated heterocycles. The average Bonchev–Trinajstić information content (AvgIpc) is 2.39. The number of hydrogen-bond acceptors (Lipinski definition) is 2. The Morgan fingerprint density at radius 1 is 1.15 bits per heavy atom. The summed E-state index contributed by atoms with van der Waals surface area (Å²) in [5.74, 6) is 1.66. The van der Waals surface area contributed by atoms with Crippen LogP contribution in [0.1, 0.15) is 65.5 Å². The molecule has 0 bridgehead atoms. The summed E-state index contributed by atoms with van der Waals surface area (Å²) in [6.07, 6.45) is 3.63. The van der Waals surface area contributed by atoms with Gasteiger partial charge in [-0.25, -0.2) is 0 Å².